The Hall–Kier alpha value is -1.66. The van der Waals surface area contributed by atoms with Gasteiger partial charge in [0.2, 0.25) is 0 Å². The molecule has 3 heterocycles. The molecule has 2 aromatic heterocycles. The van der Waals surface area contributed by atoms with E-state index in [1.807, 2.05) is 6.92 Å². The van der Waals surface area contributed by atoms with Gasteiger partial charge in [-0.15, -0.1) is 10.2 Å². The van der Waals surface area contributed by atoms with Crippen LogP contribution in [0.1, 0.15) is 35.4 Å². The average Bonchev–Trinajstić information content (AvgIpc) is 3.03. The van der Waals surface area contributed by atoms with Gasteiger partial charge in [-0.05, 0) is 19.4 Å². The maximum absolute atomic E-state index is 11.7. The van der Waals surface area contributed by atoms with Gasteiger partial charge in [0, 0.05) is 12.1 Å². The van der Waals surface area contributed by atoms with E-state index >= 15 is 0 Å². The maximum atomic E-state index is 11.7. The lowest BCUT2D eigenvalue weighted by Gasteiger charge is -2.07. The first-order chi connectivity index (χ1) is 9.60. The van der Waals surface area contributed by atoms with Crippen LogP contribution in [0.4, 0.5) is 0 Å². The number of methoxy groups -OCH3 is 1. The SMILES string of the molecule is COC(=O)c1cc(Cl)c2nnc(C3COC(C)C3)n2c1. The summed E-state index contributed by atoms with van der Waals surface area (Å²) < 4.78 is 12.0. The number of hydrogen-bond donors (Lipinski definition) is 0. The van der Waals surface area contributed by atoms with Crippen LogP contribution in [-0.2, 0) is 9.47 Å². The van der Waals surface area contributed by atoms with E-state index in [1.54, 1.807) is 10.6 Å². The molecular weight excluding hydrogens is 282 g/mol. The summed E-state index contributed by atoms with van der Waals surface area (Å²) in [4.78, 5) is 11.7. The zero-order valence-electron chi connectivity index (χ0n) is 11.2. The molecule has 1 aliphatic heterocycles. The van der Waals surface area contributed by atoms with Gasteiger partial charge >= 0.3 is 5.97 Å². The molecule has 0 amide bonds. The summed E-state index contributed by atoms with van der Waals surface area (Å²) in [6, 6.07) is 1.54. The number of fused-ring (bicyclic) bond motifs is 1. The van der Waals surface area contributed by atoms with Crippen LogP contribution in [-0.4, -0.2) is 40.4 Å². The molecule has 1 fully saturated rings. The molecule has 106 valence electrons. The van der Waals surface area contributed by atoms with Crippen molar-refractivity contribution in [3.8, 4) is 0 Å². The third-order valence-corrected chi connectivity index (χ3v) is 3.75. The highest BCUT2D eigenvalue weighted by Gasteiger charge is 2.28. The Morgan fingerprint density at radius 1 is 1.55 bits per heavy atom. The first kappa shape index (κ1) is 13.3. The molecule has 0 spiro atoms. The van der Waals surface area contributed by atoms with Gasteiger partial charge in [-0.2, -0.15) is 0 Å². The number of rotatable bonds is 2. The normalized spacial score (nSPS) is 22.4. The summed E-state index contributed by atoms with van der Waals surface area (Å²) in [5, 5.41) is 8.66. The van der Waals surface area contributed by atoms with E-state index in [4.69, 9.17) is 21.1 Å². The molecular formula is C13H14ClN3O3. The van der Waals surface area contributed by atoms with Crippen LogP contribution in [0.25, 0.3) is 5.65 Å². The lowest BCUT2D eigenvalue weighted by atomic mass is 10.1. The van der Waals surface area contributed by atoms with Gasteiger partial charge in [-0.25, -0.2) is 4.79 Å². The quantitative estimate of drug-likeness (QED) is 0.794. The summed E-state index contributed by atoms with van der Waals surface area (Å²) in [6.45, 7) is 2.62. The molecule has 7 heteroatoms. The van der Waals surface area contributed by atoms with Gasteiger partial charge in [0.25, 0.3) is 0 Å². The minimum Gasteiger partial charge on any atom is -0.465 e. The second-order valence-electron chi connectivity index (χ2n) is 4.90. The summed E-state index contributed by atoms with van der Waals surface area (Å²) in [5.74, 6) is 0.477. The number of aromatic nitrogens is 3. The number of ether oxygens (including phenoxy) is 2. The Labute approximate surface area is 120 Å². The van der Waals surface area contributed by atoms with E-state index in [0.717, 1.165) is 12.2 Å². The smallest absolute Gasteiger partial charge is 0.339 e. The monoisotopic (exact) mass is 295 g/mol. The van der Waals surface area contributed by atoms with Crippen molar-refractivity contribution < 1.29 is 14.3 Å². The van der Waals surface area contributed by atoms with Crippen molar-refractivity contribution in [2.45, 2.75) is 25.4 Å². The van der Waals surface area contributed by atoms with Crippen LogP contribution in [0.15, 0.2) is 12.3 Å². The van der Waals surface area contributed by atoms with Gasteiger partial charge in [0.15, 0.2) is 5.65 Å². The maximum Gasteiger partial charge on any atom is 0.339 e. The van der Waals surface area contributed by atoms with Crippen LogP contribution in [0, 0.1) is 0 Å². The van der Waals surface area contributed by atoms with Crippen LogP contribution < -0.4 is 0 Å². The number of halogens is 1. The molecule has 0 N–H and O–H groups in total. The fourth-order valence-electron chi connectivity index (χ4n) is 2.48. The standard InChI is InChI=1S/C13H14ClN3O3/c1-7-3-9(6-20-7)11-15-16-12-10(14)4-8(5-17(11)12)13(18)19-2/h4-5,7,9H,3,6H2,1-2H3. The predicted molar refractivity (Wildman–Crippen MR) is 72.1 cm³/mol. The van der Waals surface area contributed by atoms with E-state index in [1.165, 1.54) is 13.2 Å². The summed E-state index contributed by atoms with van der Waals surface area (Å²) in [6.07, 6.45) is 2.73. The van der Waals surface area contributed by atoms with Gasteiger partial charge in [0.05, 0.1) is 30.4 Å². The largest absolute Gasteiger partial charge is 0.465 e. The van der Waals surface area contributed by atoms with Gasteiger partial charge in [-0.3, -0.25) is 4.40 Å². The van der Waals surface area contributed by atoms with Gasteiger partial charge in [-0.1, -0.05) is 11.6 Å². The highest BCUT2D eigenvalue weighted by Crippen LogP contribution is 2.30. The molecule has 6 nitrogen and oxygen atoms in total. The van der Waals surface area contributed by atoms with Crippen molar-refractivity contribution in [3.05, 3.63) is 28.7 Å². The first-order valence-electron chi connectivity index (χ1n) is 6.34. The third-order valence-electron chi connectivity index (χ3n) is 3.47. The molecule has 2 unspecified atom stereocenters. The zero-order valence-corrected chi connectivity index (χ0v) is 11.9. The molecule has 1 saturated heterocycles. The molecule has 0 saturated carbocycles. The molecule has 0 aromatic carbocycles. The highest BCUT2D eigenvalue weighted by atomic mass is 35.5. The predicted octanol–water partition coefficient (Wildman–Crippen LogP) is 2.06. The van der Waals surface area contributed by atoms with Crippen molar-refractivity contribution in [1.82, 2.24) is 14.6 Å². The first-order valence-corrected chi connectivity index (χ1v) is 6.72. The lowest BCUT2D eigenvalue weighted by Crippen LogP contribution is -2.07. The van der Waals surface area contributed by atoms with Crippen LogP contribution in [0.5, 0.6) is 0 Å². The minimum absolute atomic E-state index is 0.156. The molecule has 1 aliphatic rings. The zero-order chi connectivity index (χ0) is 14.3. The Bertz CT molecular complexity index is 670. The number of hydrogen-bond acceptors (Lipinski definition) is 5. The van der Waals surface area contributed by atoms with Crippen LogP contribution in [0.2, 0.25) is 5.02 Å². The minimum atomic E-state index is -0.440. The van der Waals surface area contributed by atoms with E-state index in [-0.39, 0.29) is 12.0 Å². The second kappa shape index (κ2) is 5.03. The average molecular weight is 296 g/mol. The number of esters is 1. The Balaban J connectivity index is 2.10. The van der Waals surface area contributed by atoms with Crippen molar-refractivity contribution in [2.24, 2.45) is 0 Å². The van der Waals surface area contributed by atoms with Gasteiger partial charge in [0.1, 0.15) is 5.82 Å². The molecule has 3 rings (SSSR count). The summed E-state index contributed by atoms with van der Waals surface area (Å²) in [5.41, 5.74) is 0.909. The van der Waals surface area contributed by atoms with Crippen LogP contribution in [0.3, 0.4) is 0 Å². The summed E-state index contributed by atoms with van der Waals surface area (Å²) in [7, 11) is 1.33. The highest BCUT2D eigenvalue weighted by molar-refractivity contribution is 6.33. The van der Waals surface area contributed by atoms with E-state index < -0.39 is 5.97 Å². The van der Waals surface area contributed by atoms with Crippen molar-refractivity contribution >= 4 is 23.2 Å². The Morgan fingerprint density at radius 2 is 2.35 bits per heavy atom. The molecule has 2 aromatic rings. The Kier molecular flexibility index (Phi) is 3.35. The Morgan fingerprint density at radius 3 is 3.00 bits per heavy atom. The molecule has 20 heavy (non-hydrogen) atoms. The fraction of sp³-hybridized carbons (Fsp3) is 0.462. The van der Waals surface area contributed by atoms with E-state index in [9.17, 15) is 4.79 Å². The molecule has 0 bridgehead atoms. The summed E-state index contributed by atoms with van der Waals surface area (Å²) >= 11 is 6.15. The van der Waals surface area contributed by atoms with E-state index in [0.29, 0.717) is 22.8 Å². The van der Waals surface area contributed by atoms with E-state index in [2.05, 4.69) is 10.2 Å². The lowest BCUT2D eigenvalue weighted by molar-refractivity contribution is 0.0600. The van der Waals surface area contributed by atoms with Crippen molar-refractivity contribution in [1.29, 1.82) is 0 Å². The topological polar surface area (TPSA) is 65.7 Å². The number of nitrogens with zero attached hydrogens (tertiary/aromatic N) is 3. The molecule has 0 aliphatic carbocycles. The molecule has 2 atom stereocenters. The van der Waals surface area contributed by atoms with Crippen LogP contribution >= 0.6 is 11.6 Å². The van der Waals surface area contributed by atoms with Crippen molar-refractivity contribution in [2.75, 3.05) is 13.7 Å². The number of pyridine rings is 1. The third kappa shape index (κ3) is 2.14. The van der Waals surface area contributed by atoms with Crippen molar-refractivity contribution in [3.63, 3.8) is 0 Å². The second-order valence-corrected chi connectivity index (χ2v) is 5.30. The number of carbonyl (C=O) groups excluding carboxylic acids is 1. The fourth-order valence-corrected chi connectivity index (χ4v) is 2.72. The number of carbonyl (C=O) groups is 1. The molecule has 0 radical (unpaired) electrons. The van der Waals surface area contributed by atoms with Gasteiger partial charge < -0.3 is 9.47 Å².